The first-order valence-electron chi connectivity index (χ1n) is 13.1. The number of carbonyl (C=O) groups is 1. The summed E-state index contributed by atoms with van der Waals surface area (Å²) in [6.07, 6.45) is 16.1. The number of carbonyl (C=O) groups excluding carboxylic acids is 1. The van der Waals surface area contributed by atoms with Crippen LogP contribution < -0.4 is 0 Å². The lowest BCUT2D eigenvalue weighted by atomic mass is 9.42. The van der Waals surface area contributed by atoms with Gasteiger partial charge in [0.25, 0.3) is 0 Å². The number of nitrogens with zero attached hydrogens (tertiary/aromatic N) is 1. The number of fused-ring (bicyclic) bond motifs is 5. The van der Waals surface area contributed by atoms with E-state index in [2.05, 4.69) is 50.7 Å². The lowest BCUT2D eigenvalue weighted by molar-refractivity contribution is -0.158. The van der Waals surface area contributed by atoms with Crippen LogP contribution in [0, 0.1) is 47.3 Å². The number of hydrogen-bond acceptors (Lipinski definition) is 2. The molecule has 3 heteroatoms. The predicted octanol–water partition coefficient (Wildman–Crippen LogP) is 6.17. The molecule has 1 N–H and O–H groups in total. The van der Waals surface area contributed by atoms with Gasteiger partial charge in [0.2, 0.25) is 0 Å². The van der Waals surface area contributed by atoms with Crippen molar-refractivity contribution >= 4 is 5.78 Å². The highest BCUT2D eigenvalue weighted by Crippen LogP contribution is 2.69. The minimum Gasteiger partial charge on any atom is -0.390 e. The van der Waals surface area contributed by atoms with Gasteiger partial charge in [0.15, 0.2) is 5.78 Å². The molecule has 4 fully saturated rings. The Balaban J connectivity index is 1.36. The third-order valence-electron chi connectivity index (χ3n) is 10.9. The molecule has 0 amide bonds. The third kappa shape index (κ3) is 3.36. The van der Waals surface area contributed by atoms with E-state index in [1.54, 1.807) is 0 Å². The summed E-state index contributed by atoms with van der Waals surface area (Å²) in [4.78, 5) is 13.4. The zero-order valence-corrected chi connectivity index (χ0v) is 20.2. The van der Waals surface area contributed by atoms with Gasteiger partial charge in [-0.1, -0.05) is 13.8 Å². The van der Waals surface area contributed by atoms with Crippen molar-refractivity contribution in [3.8, 4) is 0 Å². The van der Waals surface area contributed by atoms with Crippen molar-refractivity contribution in [2.45, 2.75) is 104 Å². The molecule has 0 aliphatic heterocycles. The zero-order chi connectivity index (χ0) is 22.0. The summed E-state index contributed by atoms with van der Waals surface area (Å²) in [5.41, 5.74) is 1.41. The highest BCUT2D eigenvalue weighted by atomic mass is 16.3. The second kappa shape index (κ2) is 7.47. The standard InChI is InChI=1S/C28H43NO2/c1-5-28-14-13-26(3,31)16-20(28)6-7-21-22-8-9-24(27(22,4)12-10-23(21)28)25(30)18-29-15-11-19(2)17-29/h11,15,17,20-24,31H,5-10,12-14,16,18H2,1-4H3/t20-,21-,22-,23-,24+,26+,27-,28-/m0/s1. The van der Waals surface area contributed by atoms with Crippen LogP contribution in [0.1, 0.15) is 90.5 Å². The number of ketones is 1. The van der Waals surface area contributed by atoms with Gasteiger partial charge in [0.1, 0.15) is 0 Å². The summed E-state index contributed by atoms with van der Waals surface area (Å²) in [5, 5.41) is 10.8. The van der Waals surface area contributed by atoms with Gasteiger partial charge in [-0.15, -0.1) is 0 Å². The van der Waals surface area contributed by atoms with Crippen molar-refractivity contribution in [1.29, 1.82) is 0 Å². The van der Waals surface area contributed by atoms with Gasteiger partial charge >= 0.3 is 0 Å². The molecule has 4 saturated carbocycles. The van der Waals surface area contributed by atoms with Crippen molar-refractivity contribution in [3.63, 3.8) is 0 Å². The number of aryl methyl sites for hydroxylation is 1. The summed E-state index contributed by atoms with van der Waals surface area (Å²) in [6, 6.07) is 2.10. The first-order chi connectivity index (χ1) is 14.7. The Morgan fingerprint density at radius 2 is 1.90 bits per heavy atom. The van der Waals surface area contributed by atoms with E-state index in [1.165, 1.54) is 50.5 Å². The molecule has 8 atom stereocenters. The van der Waals surface area contributed by atoms with Crippen molar-refractivity contribution in [1.82, 2.24) is 4.57 Å². The Morgan fingerprint density at radius 1 is 1.10 bits per heavy atom. The molecule has 1 aromatic rings. The largest absolute Gasteiger partial charge is 0.390 e. The van der Waals surface area contributed by atoms with Crippen LogP contribution in [0.3, 0.4) is 0 Å². The molecular formula is C28H43NO2. The second-order valence-electron chi connectivity index (χ2n) is 12.4. The van der Waals surface area contributed by atoms with Gasteiger partial charge in [0.05, 0.1) is 12.1 Å². The molecule has 3 nitrogen and oxygen atoms in total. The van der Waals surface area contributed by atoms with Crippen LogP contribution in [-0.2, 0) is 11.3 Å². The zero-order valence-electron chi connectivity index (χ0n) is 20.2. The van der Waals surface area contributed by atoms with Crippen LogP contribution in [-0.4, -0.2) is 21.1 Å². The van der Waals surface area contributed by atoms with Gasteiger partial charge in [-0.25, -0.2) is 0 Å². The topological polar surface area (TPSA) is 42.2 Å². The van der Waals surface area contributed by atoms with E-state index in [4.69, 9.17) is 0 Å². The lowest BCUT2D eigenvalue weighted by Gasteiger charge is -2.63. The van der Waals surface area contributed by atoms with Crippen molar-refractivity contribution in [2.75, 3.05) is 0 Å². The lowest BCUT2D eigenvalue weighted by Crippen LogP contribution is -2.56. The molecule has 31 heavy (non-hydrogen) atoms. The van der Waals surface area contributed by atoms with E-state index >= 15 is 0 Å². The monoisotopic (exact) mass is 425 g/mol. The highest BCUT2D eigenvalue weighted by molar-refractivity contribution is 5.82. The molecule has 0 bridgehead atoms. The second-order valence-corrected chi connectivity index (χ2v) is 12.4. The van der Waals surface area contributed by atoms with E-state index in [1.807, 2.05) is 0 Å². The van der Waals surface area contributed by atoms with Crippen LogP contribution in [0.15, 0.2) is 18.5 Å². The number of Topliss-reactive ketones (excluding diaryl/α,β-unsaturated/α-hetero) is 1. The molecule has 0 radical (unpaired) electrons. The third-order valence-corrected chi connectivity index (χ3v) is 10.9. The van der Waals surface area contributed by atoms with Crippen LogP contribution in [0.25, 0.3) is 0 Å². The Bertz CT molecular complexity index is 840. The Labute approximate surface area is 189 Å². The Morgan fingerprint density at radius 3 is 2.61 bits per heavy atom. The average molecular weight is 426 g/mol. The molecule has 0 unspecified atom stereocenters. The van der Waals surface area contributed by atoms with Crippen LogP contribution in [0.2, 0.25) is 0 Å². The van der Waals surface area contributed by atoms with Crippen molar-refractivity contribution in [2.24, 2.45) is 40.4 Å². The minimum atomic E-state index is -0.457. The Kier molecular flexibility index (Phi) is 5.24. The number of rotatable bonds is 4. The molecule has 5 rings (SSSR count). The maximum absolute atomic E-state index is 13.4. The van der Waals surface area contributed by atoms with Crippen molar-refractivity contribution in [3.05, 3.63) is 24.0 Å². The quantitative estimate of drug-likeness (QED) is 0.627. The predicted molar refractivity (Wildman–Crippen MR) is 125 cm³/mol. The van der Waals surface area contributed by atoms with Gasteiger partial charge in [-0.05, 0) is 124 Å². The molecule has 1 aromatic heterocycles. The first-order valence-corrected chi connectivity index (χ1v) is 13.1. The SMILES string of the molecule is CC[C@]12CC[C@@](C)(O)C[C@@H]1CC[C@H]1[C@@H]3CC[C@H](C(=O)Cn4ccc(C)c4)[C@@]3(C)CC[C@@H]12. The summed E-state index contributed by atoms with van der Waals surface area (Å²) in [6.45, 7) is 9.60. The average Bonchev–Trinajstić information content (AvgIpc) is 3.29. The van der Waals surface area contributed by atoms with E-state index in [9.17, 15) is 9.90 Å². The molecule has 0 aromatic carbocycles. The van der Waals surface area contributed by atoms with Gasteiger partial charge in [0, 0.05) is 18.3 Å². The fourth-order valence-electron chi connectivity index (χ4n) is 9.42. The molecule has 172 valence electrons. The summed E-state index contributed by atoms with van der Waals surface area (Å²) < 4.78 is 2.09. The van der Waals surface area contributed by atoms with E-state index in [0.717, 1.165) is 37.0 Å². The molecular weight excluding hydrogens is 382 g/mol. The van der Waals surface area contributed by atoms with Crippen LogP contribution in [0.4, 0.5) is 0 Å². The normalized spacial score (nSPS) is 46.8. The summed E-state index contributed by atoms with van der Waals surface area (Å²) in [5.74, 6) is 3.73. The van der Waals surface area contributed by atoms with E-state index in [-0.39, 0.29) is 11.3 Å². The summed E-state index contributed by atoms with van der Waals surface area (Å²) in [7, 11) is 0. The molecule has 0 saturated heterocycles. The van der Waals surface area contributed by atoms with Crippen LogP contribution >= 0.6 is 0 Å². The smallest absolute Gasteiger partial charge is 0.156 e. The van der Waals surface area contributed by atoms with Gasteiger partial charge < -0.3 is 9.67 Å². The van der Waals surface area contributed by atoms with Gasteiger partial charge in [-0.3, -0.25) is 4.79 Å². The maximum Gasteiger partial charge on any atom is 0.156 e. The van der Waals surface area contributed by atoms with Crippen LogP contribution in [0.5, 0.6) is 0 Å². The number of aromatic nitrogens is 1. The summed E-state index contributed by atoms with van der Waals surface area (Å²) >= 11 is 0. The fourth-order valence-corrected chi connectivity index (χ4v) is 9.42. The Hall–Kier alpha value is -1.09. The molecule has 4 aliphatic rings. The first kappa shape index (κ1) is 21.7. The van der Waals surface area contributed by atoms with Gasteiger partial charge in [-0.2, -0.15) is 0 Å². The molecule has 1 heterocycles. The molecule has 4 aliphatic carbocycles. The highest BCUT2D eigenvalue weighted by Gasteiger charge is 2.62. The number of hydrogen-bond donors (Lipinski definition) is 1. The number of aliphatic hydroxyl groups is 1. The maximum atomic E-state index is 13.4. The molecule has 0 spiro atoms. The fraction of sp³-hybridized carbons (Fsp3) is 0.821. The minimum absolute atomic E-state index is 0.197. The van der Waals surface area contributed by atoms with Crippen molar-refractivity contribution < 1.29 is 9.90 Å². The van der Waals surface area contributed by atoms with E-state index in [0.29, 0.717) is 23.7 Å². The van der Waals surface area contributed by atoms with E-state index < -0.39 is 5.60 Å².